The van der Waals surface area contributed by atoms with Gasteiger partial charge in [-0.3, -0.25) is 30.2 Å². The van der Waals surface area contributed by atoms with Crippen molar-refractivity contribution < 1.29 is 9.85 Å². The zero-order valence-electron chi connectivity index (χ0n) is 21.5. The molecule has 0 aliphatic carbocycles. The lowest BCUT2D eigenvalue weighted by Gasteiger charge is -2.62. The van der Waals surface area contributed by atoms with Crippen molar-refractivity contribution in [3.05, 3.63) is 140 Å². The molecule has 1 saturated heterocycles. The van der Waals surface area contributed by atoms with Gasteiger partial charge in [-0.15, -0.1) is 0 Å². The first-order valence-electron chi connectivity index (χ1n) is 13.3. The van der Waals surface area contributed by atoms with Gasteiger partial charge in [0.05, 0.1) is 21.2 Å². The van der Waals surface area contributed by atoms with Gasteiger partial charge in [-0.25, -0.2) is 0 Å². The molecule has 0 spiro atoms. The lowest BCUT2D eigenvalue weighted by Crippen LogP contribution is -2.69. The molecule has 10 nitrogen and oxygen atoms in total. The largest absolute Gasteiger partial charge is 0.280 e. The van der Waals surface area contributed by atoms with Crippen LogP contribution in [0.1, 0.15) is 34.6 Å². The van der Waals surface area contributed by atoms with Crippen LogP contribution in [0.2, 0.25) is 0 Å². The number of nitro groups is 2. The second-order valence-electron chi connectivity index (χ2n) is 10.2. The van der Waals surface area contributed by atoms with E-state index in [4.69, 9.17) is 0 Å². The maximum Gasteiger partial charge on any atom is 0.269 e. The molecule has 0 radical (unpaired) electrons. The zero-order chi connectivity index (χ0) is 27.4. The Labute approximate surface area is 230 Å². The maximum atomic E-state index is 11.4. The normalized spacial score (nSPS) is 20.2. The minimum absolute atomic E-state index is 0.0507. The van der Waals surface area contributed by atoms with Gasteiger partial charge in [-0.05, 0) is 59.4 Å². The van der Waals surface area contributed by atoms with Gasteiger partial charge in [-0.2, -0.15) is 10.0 Å². The van der Waals surface area contributed by atoms with Crippen LogP contribution < -0.4 is 10.0 Å². The third-order valence-corrected chi connectivity index (χ3v) is 8.12. The minimum Gasteiger partial charge on any atom is -0.280 e. The highest BCUT2D eigenvalue weighted by molar-refractivity contribution is 5.59. The number of nitrogens with zero attached hydrogens (tertiary/aromatic N) is 6. The number of benzene rings is 4. The van der Waals surface area contributed by atoms with E-state index >= 15 is 0 Å². The van der Waals surface area contributed by atoms with Crippen LogP contribution in [0.25, 0.3) is 0 Å². The monoisotopic (exact) mass is 534 g/mol. The summed E-state index contributed by atoms with van der Waals surface area (Å²) >= 11 is 0. The van der Waals surface area contributed by atoms with Crippen LogP contribution in [0.15, 0.2) is 97.1 Å². The Kier molecular flexibility index (Phi) is 5.72. The molecule has 4 aromatic carbocycles. The lowest BCUT2D eigenvalue weighted by molar-refractivity contribution is -0.385. The Balaban J connectivity index is 1.44. The highest BCUT2D eigenvalue weighted by Crippen LogP contribution is 2.50. The fourth-order valence-corrected chi connectivity index (χ4v) is 6.34. The van der Waals surface area contributed by atoms with E-state index in [2.05, 4.69) is 56.4 Å². The molecule has 4 aromatic rings. The van der Waals surface area contributed by atoms with Crippen LogP contribution in [0.5, 0.6) is 0 Å². The Morgan fingerprint density at radius 2 is 0.925 bits per heavy atom. The van der Waals surface area contributed by atoms with E-state index in [1.807, 2.05) is 36.4 Å². The molecule has 40 heavy (non-hydrogen) atoms. The van der Waals surface area contributed by atoms with E-state index in [1.54, 1.807) is 24.3 Å². The molecule has 2 atom stereocenters. The smallest absolute Gasteiger partial charge is 0.269 e. The summed E-state index contributed by atoms with van der Waals surface area (Å²) in [7, 11) is 0. The summed E-state index contributed by atoms with van der Waals surface area (Å²) < 4.78 is 0. The number of hydrogen-bond acceptors (Lipinski definition) is 8. The first-order valence-corrected chi connectivity index (χ1v) is 13.3. The molecule has 7 rings (SSSR count). The van der Waals surface area contributed by atoms with Crippen LogP contribution >= 0.6 is 0 Å². The third-order valence-electron chi connectivity index (χ3n) is 8.12. The van der Waals surface area contributed by atoms with Gasteiger partial charge in [0.15, 0.2) is 0 Å². The molecular weight excluding hydrogens is 508 g/mol. The molecule has 2 unspecified atom stereocenters. The number of nitro benzene ring substituents is 2. The van der Waals surface area contributed by atoms with Gasteiger partial charge in [-0.1, -0.05) is 48.5 Å². The van der Waals surface area contributed by atoms with E-state index in [9.17, 15) is 20.2 Å². The molecule has 0 bridgehead atoms. The second kappa shape index (κ2) is 9.44. The van der Waals surface area contributed by atoms with Gasteiger partial charge in [0.1, 0.15) is 12.3 Å². The predicted molar refractivity (Wildman–Crippen MR) is 150 cm³/mol. The van der Waals surface area contributed by atoms with Crippen molar-refractivity contribution in [1.82, 2.24) is 10.0 Å². The van der Waals surface area contributed by atoms with Crippen molar-refractivity contribution in [3.63, 3.8) is 0 Å². The van der Waals surface area contributed by atoms with Crippen LogP contribution in [0, 0.1) is 20.2 Å². The van der Waals surface area contributed by atoms with Crippen LogP contribution in [0.4, 0.5) is 22.7 Å². The average molecular weight is 535 g/mol. The second-order valence-corrected chi connectivity index (χ2v) is 10.2. The van der Waals surface area contributed by atoms with Gasteiger partial charge < -0.3 is 0 Å². The van der Waals surface area contributed by atoms with Crippen LogP contribution in [-0.2, 0) is 12.8 Å². The summed E-state index contributed by atoms with van der Waals surface area (Å²) in [5.41, 5.74) is 6.68. The molecule has 0 N–H and O–H groups in total. The summed E-state index contributed by atoms with van der Waals surface area (Å²) in [4.78, 5) is 22.1. The molecule has 10 heteroatoms. The number of fused-ring (bicyclic) bond motifs is 6. The van der Waals surface area contributed by atoms with E-state index in [0.717, 1.165) is 48.4 Å². The summed E-state index contributed by atoms with van der Waals surface area (Å²) in [6, 6.07) is 30.4. The van der Waals surface area contributed by atoms with Gasteiger partial charge >= 0.3 is 0 Å². The van der Waals surface area contributed by atoms with Gasteiger partial charge in [0, 0.05) is 37.4 Å². The quantitative estimate of drug-likeness (QED) is 0.240. The summed E-state index contributed by atoms with van der Waals surface area (Å²) in [5, 5.41) is 32.1. The summed E-state index contributed by atoms with van der Waals surface area (Å²) in [6.07, 6.45) is 1.25. The van der Waals surface area contributed by atoms with Crippen molar-refractivity contribution in [2.45, 2.75) is 25.2 Å². The summed E-state index contributed by atoms with van der Waals surface area (Å²) in [5.74, 6) is 0. The Morgan fingerprint density at radius 1 is 0.550 bits per heavy atom. The molecular formula is C30H26N6O4. The van der Waals surface area contributed by atoms with Crippen molar-refractivity contribution in [2.24, 2.45) is 0 Å². The van der Waals surface area contributed by atoms with Crippen LogP contribution in [-0.4, -0.2) is 33.0 Å². The van der Waals surface area contributed by atoms with Gasteiger partial charge in [0.25, 0.3) is 11.4 Å². The van der Waals surface area contributed by atoms with Gasteiger partial charge in [0.2, 0.25) is 0 Å². The van der Waals surface area contributed by atoms with Crippen molar-refractivity contribution in [3.8, 4) is 0 Å². The van der Waals surface area contributed by atoms with E-state index < -0.39 is 0 Å². The molecule has 3 heterocycles. The lowest BCUT2D eigenvalue weighted by atomic mass is 9.93. The van der Waals surface area contributed by atoms with E-state index in [0.29, 0.717) is 0 Å². The van der Waals surface area contributed by atoms with Crippen molar-refractivity contribution in [2.75, 3.05) is 23.1 Å². The third kappa shape index (κ3) is 3.80. The van der Waals surface area contributed by atoms with E-state index in [1.165, 1.54) is 11.1 Å². The Morgan fingerprint density at radius 3 is 1.30 bits per heavy atom. The predicted octanol–water partition coefficient (Wildman–Crippen LogP) is 5.77. The maximum absolute atomic E-state index is 11.4. The van der Waals surface area contributed by atoms with Crippen LogP contribution in [0.3, 0.4) is 0 Å². The molecule has 0 amide bonds. The standard InChI is InChI=1S/C30H26N6O4/c37-35(38)25-13-9-23(10-14-25)33-29-27-7-3-1-5-21(27)17-19-31(29)34(24-11-15-26(16-12-24)36(39)40)30-28-8-4-2-6-22(28)18-20-32(30)33/h1-16,29-30H,17-20H2. The molecule has 200 valence electrons. The molecule has 0 saturated carbocycles. The fraction of sp³-hybridized carbons (Fsp3) is 0.200. The van der Waals surface area contributed by atoms with Crippen molar-refractivity contribution in [1.29, 1.82) is 0 Å². The molecule has 3 aliphatic heterocycles. The fourth-order valence-electron chi connectivity index (χ4n) is 6.34. The molecule has 0 aromatic heterocycles. The first-order chi connectivity index (χ1) is 19.5. The highest BCUT2D eigenvalue weighted by atomic mass is 16.6. The summed E-state index contributed by atoms with van der Waals surface area (Å²) in [6.45, 7) is 1.46. The zero-order valence-corrected chi connectivity index (χ0v) is 21.5. The highest BCUT2D eigenvalue weighted by Gasteiger charge is 2.50. The topological polar surface area (TPSA) is 99.2 Å². The average Bonchev–Trinajstić information content (AvgIpc) is 2.99. The SMILES string of the molecule is O=[N+]([O-])c1ccc(N2C3c4ccccc4CCN3N(c3ccc([N+](=O)[O-])cc3)C3c4ccccc4CCN32)cc1. The van der Waals surface area contributed by atoms with Crippen molar-refractivity contribution >= 4 is 22.7 Å². The Bertz CT molecular complexity index is 1490. The number of anilines is 2. The first kappa shape index (κ1) is 24.3. The number of hydrazine groups is 2. The van der Waals surface area contributed by atoms with E-state index in [-0.39, 0.29) is 33.6 Å². The number of hydrogen-bond donors (Lipinski definition) is 0. The number of non-ortho nitro benzene ring substituents is 2. The molecule has 3 aliphatic rings. The molecule has 1 fully saturated rings. The number of rotatable bonds is 4. The minimum atomic E-state index is -0.377. The Hall–Kier alpha value is -4.80.